The number of H-pyrrole nitrogens is 1. The number of nitrogen functional groups attached to an aromatic ring is 1. The van der Waals surface area contributed by atoms with Crippen molar-refractivity contribution in [3.63, 3.8) is 0 Å². The Labute approximate surface area is 77.5 Å². The number of fused-ring (bicyclic) bond motifs is 1. The fraction of sp³-hybridized carbons (Fsp3) is 0.167. The highest BCUT2D eigenvalue weighted by Crippen LogP contribution is 2.19. The monoisotopic (exact) mass is 198 g/mol. The van der Waals surface area contributed by atoms with Crippen LogP contribution in [-0.4, -0.2) is 15.0 Å². The van der Waals surface area contributed by atoms with E-state index in [0.717, 1.165) is 15.4 Å². The minimum Gasteiger partial charge on any atom is -0.369 e. The van der Waals surface area contributed by atoms with Crippen LogP contribution >= 0.6 is 23.6 Å². The molecule has 6 heteroatoms. The summed E-state index contributed by atoms with van der Waals surface area (Å²) in [5.74, 6) is 0.344. The molecular weight excluding hydrogens is 192 g/mol. The topological polar surface area (TPSA) is 67.6 Å². The van der Waals surface area contributed by atoms with Crippen molar-refractivity contribution in [2.24, 2.45) is 0 Å². The maximum atomic E-state index is 5.48. The first-order valence-electron chi connectivity index (χ1n) is 3.30. The number of nitrogens with zero attached hydrogens (tertiary/aromatic N) is 2. The molecule has 2 rings (SSSR count). The molecule has 0 aliphatic carbocycles. The van der Waals surface area contributed by atoms with E-state index in [9.17, 15) is 0 Å². The first-order chi connectivity index (χ1) is 5.66. The van der Waals surface area contributed by atoms with Gasteiger partial charge in [-0.25, -0.2) is 9.97 Å². The minimum absolute atomic E-state index is 0.344. The molecule has 4 nitrogen and oxygen atoms in total. The van der Waals surface area contributed by atoms with Crippen LogP contribution in [0.5, 0.6) is 0 Å². The molecule has 0 radical (unpaired) electrons. The smallest absolute Gasteiger partial charge is 0.199 e. The second-order valence-corrected chi connectivity index (χ2v) is 3.93. The lowest BCUT2D eigenvalue weighted by molar-refractivity contribution is 1.21. The van der Waals surface area contributed by atoms with Gasteiger partial charge in [-0.3, -0.25) is 0 Å². The number of rotatable bonds is 0. The molecule has 3 N–H and O–H groups in total. The van der Waals surface area contributed by atoms with Crippen molar-refractivity contribution in [3.8, 4) is 0 Å². The molecule has 2 aromatic rings. The van der Waals surface area contributed by atoms with E-state index < -0.39 is 0 Å². The standard InChI is InChI=1S/C6H6N4S2/c1-2-8-3-4(11)9-6(7)10-5(3)12-2/h1H3,(H3,7,9,10,11). The fourth-order valence-corrected chi connectivity index (χ4v) is 2.07. The Kier molecular flexibility index (Phi) is 1.59. The van der Waals surface area contributed by atoms with Crippen molar-refractivity contribution in [3.05, 3.63) is 9.65 Å². The number of aromatic amines is 1. The molecule has 62 valence electrons. The van der Waals surface area contributed by atoms with E-state index >= 15 is 0 Å². The number of thiazole rings is 1. The Hall–Kier alpha value is -1.01. The van der Waals surface area contributed by atoms with Crippen LogP contribution in [0.3, 0.4) is 0 Å². The van der Waals surface area contributed by atoms with E-state index in [2.05, 4.69) is 15.0 Å². The molecule has 0 fully saturated rings. The molecule has 12 heavy (non-hydrogen) atoms. The lowest BCUT2D eigenvalue weighted by Gasteiger charge is -1.90. The summed E-state index contributed by atoms with van der Waals surface area (Å²) < 4.78 is 0.557. The quantitative estimate of drug-likeness (QED) is 0.631. The van der Waals surface area contributed by atoms with Crippen LogP contribution in [0, 0.1) is 11.6 Å². The normalized spacial score (nSPS) is 10.8. The molecule has 0 spiro atoms. The van der Waals surface area contributed by atoms with E-state index in [1.165, 1.54) is 11.3 Å². The van der Waals surface area contributed by atoms with Gasteiger partial charge in [0.25, 0.3) is 0 Å². The number of aromatic nitrogens is 3. The molecule has 0 aliphatic heterocycles. The van der Waals surface area contributed by atoms with Gasteiger partial charge in [0.2, 0.25) is 0 Å². The largest absolute Gasteiger partial charge is 0.369 e. The number of hydrogen-bond acceptors (Lipinski definition) is 5. The zero-order chi connectivity index (χ0) is 8.72. The molecule has 0 aliphatic rings. The predicted octanol–water partition coefficient (Wildman–Crippen LogP) is 1.64. The summed E-state index contributed by atoms with van der Waals surface area (Å²) in [6.45, 7) is 1.91. The van der Waals surface area contributed by atoms with E-state index in [1.807, 2.05) is 6.92 Å². The second kappa shape index (κ2) is 2.49. The third-order valence-electron chi connectivity index (χ3n) is 1.39. The molecule has 0 unspecified atom stereocenters. The molecule has 0 bridgehead atoms. The van der Waals surface area contributed by atoms with Crippen molar-refractivity contribution < 1.29 is 0 Å². The molecule has 0 saturated heterocycles. The van der Waals surface area contributed by atoms with Gasteiger partial charge in [0, 0.05) is 0 Å². The summed E-state index contributed by atoms with van der Waals surface area (Å²) in [5.41, 5.74) is 6.22. The molecule has 0 amide bonds. The van der Waals surface area contributed by atoms with Gasteiger partial charge in [0.1, 0.15) is 10.2 Å². The maximum Gasteiger partial charge on any atom is 0.199 e. The van der Waals surface area contributed by atoms with E-state index in [0.29, 0.717) is 10.6 Å². The van der Waals surface area contributed by atoms with Gasteiger partial charge in [-0.2, -0.15) is 0 Å². The van der Waals surface area contributed by atoms with Crippen molar-refractivity contribution in [2.75, 3.05) is 5.73 Å². The first-order valence-corrected chi connectivity index (χ1v) is 4.52. The minimum atomic E-state index is 0.344. The highest BCUT2D eigenvalue weighted by atomic mass is 32.1. The number of nitrogens with one attached hydrogen (secondary N) is 1. The summed E-state index contributed by atoms with van der Waals surface area (Å²) in [4.78, 5) is 11.8. The third kappa shape index (κ3) is 1.09. The van der Waals surface area contributed by atoms with Gasteiger partial charge in [0.05, 0.1) is 5.01 Å². The van der Waals surface area contributed by atoms with E-state index in [1.54, 1.807) is 0 Å². The van der Waals surface area contributed by atoms with Crippen molar-refractivity contribution in [1.29, 1.82) is 0 Å². The molecule has 2 heterocycles. The Morgan fingerprint density at radius 3 is 3.00 bits per heavy atom. The summed E-state index contributed by atoms with van der Waals surface area (Å²) in [7, 11) is 0. The van der Waals surface area contributed by atoms with Crippen LogP contribution in [0.1, 0.15) is 5.01 Å². The van der Waals surface area contributed by atoms with Gasteiger partial charge in [-0.1, -0.05) is 23.6 Å². The average molecular weight is 198 g/mol. The zero-order valence-corrected chi connectivity index (χ0v) is 7.92. The Morgan fingerprint density at radius 2 is 2.25 bits per heavy atom. The molecule has 0 atom stereocenters. The van der Waals surface area contributed by atoms with Gasteiger partial charge in [-0.15, -0.1) is 0 Å². The van der Waals surface area contributed by atoms with Crippen molar-refractivity contribution in [1.82, 2.24) is 15.0 Å². The molecular formula is C6H6N4S2. The SMILES string of the molecule is Cc1nc2c(=S)[nH]c(N)nc2s1. The van der Waals surface area contributed by atoms with Crippen LogP contribution in [0.4, 0.5) is 5.95 Å². The highest BCUT2D eigenvalue weighted by Gasteiger charge is 2.03. The highest BCUT2D eigenvalue weighted by molar-refractivity contribution is 7.71. The molecule has 0 aromatic carbocycles. The van der Waals surface area contributed by atoms with Crippen molar-refractivity contribution >= 4 is 39.9 Å². The lowest BCUT2D eigenvalue weighted by atomic mass is 10.6. The third-order valence-corrected chi connectivity index (χ3v) is 2.55. The van der Waals surface area contributed by atoms with Crippen molar-refractivity contribution in [2.45, 2.75) is 6.92 Å². The second-order valence-electron chi connectivity index (χ2n) is 2.34. The predicted molar refractivity (Wildman–Crippen MR) is 51.7 cm³/mol. The first kappa shape index (κ1) is 7.63. The average Bonchev–Trinajstić information content (AvgIpc) is 2.29. The van der Waals surface area contributed by atoms with Crippen LogP contribution in [0.2, 0.25) is 0 Å². The van der Waals surface area contributed by atoms with Crippen LogP contribution in [-0.2, 0) is 0 Å². The van der Waals surface area contributed by atoms with E-state index in [4.69, 9.17) is 18.0 Å². The van der Waals surface area contributed by atoms with Gasteiger partial charge < -0.3 is 10.7 Å². The molecule has 2 aromatic heterocycles. The lowest BCUT2D eigenvalue weighted by Crippen LogP contribution is -1.93. The van der Waals surface area contributed by atoms with Gasteiger partial charge in [0.15, 0.2) is 10.8 Å². The number of nitrogens with two attached hydrogens (primary N) is 1. The zero-order valence-electron chi connectivity index (χ0n) is 6.29. The van der Waals surface area contributed by atoms with Crippen LogP contribution < -0.4 is 5.73 Å². The van der Waals surface area contributed by atoms with E-state index in [-0.39, 0.29) is 0 Å². The van der Waals surface area contributed by atoms with Gasteiger partial charge in [-0.05, 0) is 6.92 Å². The number of aryl methyl sites for hydroxylation is 1. The molecule has 0 saturated carbocycles. The number of anilines is 1. The number of hydrogen-bond donors (Lipinski definition) is 2. The Balaban J connectivity index is 2.98. The summed E-state index contributed by atoms with van der Waals surface area (Å²) >= 11 is 6.51. The summed E-state index contributed by atoms with van der Waals surface area (Å²) in [5, 5.41) is 0.947. The van der Waals surface area contributed by atoms with Gasteiger partial charge >= 0.3 is 0 Å². The summed E-state index contributed by atoms with van der Waals surface area (Å²) in [6, 6.07) is 0. The maximum absolute atomic E-state index is 5.48. The van der Waals surface area contributed by atoms with Crippen LogP contribution in [0.15, 0.2) is 0 Å². The summed E-state index contributed by atoms with van der Waals surface area (Å²) in [6.07, 6.45) is 0. The Bertz CT molecular complexity index is 484. The van der Waals surface area contributed by atoms with Crippen LogP contribution in [0.25, 0.3) is 10.3 Å². The Morgan fingerprint density at radius 1 is 1.50 bits per heavy atom. The fourth-order valence-electron chi connectivity index (χ4n) is 0.953.